The van der Waals surface area contributed by atoms with Crippen molar-refractivity contribution in [2.45, 2.75) is 52.0 Å². The summed E-state index contributed by atoms with van der Waals surface area (Å²) in [6.45, 7) is 6.74. The van der Waals surface area contributed by atoms with Crippen LogP contribution >= 0.6 is 15.9 Å². The molecule has 0 heterocycles. The molecule has 1 unspecified atom stereocenters. The average Bonchev–Trinajstić information content (AvgIpc) is 2.97. The van der Waals surface area contributed by atoms with E-state index < -0.39 is 0 Å². The van der Waals surface area contributed by atoms with E-state index >= 15 is 0 Å². The maximum atomic E-state index is 3.63. The van der Waals surface area contributed by atoms with Crippen LogP contribution in [-0.2, 0) is 0 Å². The molecule has 0 aliphatic heterocycles. The molecule has 1 aromatic rings. The molecular weight excluding hydrogens is 324 g/mol. The lowest BCUT2D eigenvalue weighted by molar-refractivity contribution is 0.540. The Bertz CT molecular complexity index is 441. The Morgan fingerprint density at radius 3 is 2.71 bits per heavy atom. The molecule has 0 spiro atoms. The van der Waals surface area contributed by atoms with Crippen LogP contribution in [-0.4, -0.2) is 20.1 Å². The first kappa shape index (κ1) is 16.8. The molecule has 1 aromatic carbocycles. The molecule has 1 aliphatic carbocycles. The fourth-order valence-electron chi connectivity index (χ4n) is 3.36. The maximum Gasteiger partial charge on any atom is 0.0423 e. The molecule has 1 N–H and O–H groups in total. The van der Waals surface area contributed by atoms with Gasteiger partial charge in [-0.15, -0.1) is 0 Å². The van der Waals surface area contributed by atoms with Gasteiger partial charge in [0, 0.05) is 29.8 Å². The van der Waals surface area contributed by atoms with E-state index in [1.807, 2.05) is 0 Å². The molecule has 0 saturated heterocycles. The molecule has 118 valence electrons. The molecule has 1 fully saturated rings. The van der Waals surface area contributed by atoms with Crippen molar-refractivity contribution < 1.29 is 0 Å². The maximum absolute atomic E-state index is 3.63. The van der Waals surface area contributed by atoms with Crippen LogP contribution in [0.15, 0.2) is 22.7 Å². The summed E-state index contributed by atoms with van der Waals surface area (Å²) in [6.07, 6.45) is 6.80. The highest BCUT2D eigenvalue weighted by molar-refractivity contribution is 9.10. The summed E-state index contributed by atoms with van der Waals surface area (Å²) >= 11 is 3.63. The molecule has 21 heavy (non-hydrogen) atoms. The van der Waals surface area contributed by atoms with Crippen molar-refractivity contribution in [2.75, 3.05) is 25.0 Å². The van der Waals surface area contributed by atoms with Gasteiger partial charge in [-0.05, 0) is 56.3 Å². The predicted molar refractivity (Wildman–Crippen MR) is 96.1 cm³/mol. The second-order valence-electron chi connectivity index (χ2n) is 6.41. The minimum absolute atomic E-state index is 0.402. The molecule has 1 aliphatic rings. The quantitative estimate of drug-likeness (QED) is 0.730. The van der Waals surface area contributed by atoms with Crippen LogP contribution in [0.4, 0.5) is 5.69 Å². The minimum atomic E-state index is 0.402. The Labute approximate surface area is 138 Å². The van der Waals surface area contributed by atoms with Gasteiger partial charge in [-0.1, -0.05) is 41.8 Å². The van der Waals surface area contributed by atoms with Crippen molar-refractivity contribution in [3.63, 3.8) is 0 Å². The highest BCUT2D eigenvalue weighted by atomic mass is 79.9. The number of hydrogen-bond donors (Lipinski definition) is 1. The molecule has 2 nitrogen and oxygen atoms in total. The number of nitrogens with one attached hydrogen (secondary N) is 1. The smallest absolute Gasteiger partial charge is 0.0423 e. The van der Waals surface area contributed by atoms with E-state index in [1.165, 1.54) is 54.4 Å². The number of halogens is 1. The van der Waals surface area contributed by atoms with Crippen molar-refractivity contribution in [3.05, 3.63) is 28.2 Å². The number of benzene rings is 1. The number of nitrogens with zero attached hydrogens (tertiary/aromatic N) is 1. The third kappa shape index (κ3) is 4.72. The van der Waals surface area contributed by atoms with E-state index in [9.17, 15) is 0 Å². The van der Waals surface area contributed by atoms with E-state index in [1.54, 1.807) is 0 Å². The van der Waals surface area contributed by atoms with Crippen LogP contribution in [0.1, 0.15) is 57.6 Å². The first-order valence-corrected chi connectivity index (χ1v) is 9.15. The molecule has 1 atom stereocenters. The molecule has 0 aromatic heterocycles. The Kier molecular flexibility index (Phi) is 6.56. The van der Waals surface area contributed by atoms with Gasteiger partial charge < -0.3 is 10.2 Å². The van der Waals surface area contributed by atoms with Crippen LogP contribution in [0, 0.1) is 5.92 Å². The molecule has 0 bridgehead atoms. The van der Waals surface area contributed by atoms with Crippen LogP contribution in [0.5, 0.6) is 0 Å². The van der Waals surface area contributed by atoms with Crippen molar-refractivity contribution in [2.24, 2.45) is 5.92 Å². The number of rotatable bonds is 7. The van der Waals surface area contributed by atoms with Gasteiger partial charge in [0.25, 0.3) is 0 Å². The molecule has 2 rings (SSSR count). The van der Waals surface area contributed by atoms with Crippen molar-refractivity contribution in [3.8, 4) is 0 Å². The number of hydrogen-bond acceptors (Lipinski definition) is 2. The van der Waals surface area contributed by atoms with E-state index in [0.717, 1.165) is 12.5 Å². The monoisotopic (exact) mass is 352 g/mol. The summed E-state index contributed by atoms with van der Waals surface area (Å²) in [5.74, 6) is 0.876. The largest absolute Gasteiger partial charge is 0.374 e. The van der Waals surface area contributed by atoms with E-state index in [0.29, 0.717) is 6.04 Å². The van der Waals surface area contributed by atoms with Gasteiger partial charge in [-0.2, -0.15) is 0 Å². The fourth-order valence-corrected chi connectivity index (χ4v) is 3.71. The van der Waals surface area contributed by atoms with Gasteiger partial charge in [0.05, 0.1) is 0 Å². The van der Waals surface area contributed by atoms with Crippen molar-refractivity contribution in [1.29, 1.82) is 0 Å². The lowest BCUT2D eigenvalue weighted by Gasteiger charge is -2.28. The summed E-state index contributed by atoms with van der Waals surface area (Å²) in [7, 11) is 2.25. The molecule has 1 saturated carbocycles. The Hall–Kier alpha value is -0.540. The summed E-state index contributed by atoms with van der Waals surface area (Å²) < 4.78 is 1.17. The third-order valence-corrected chi connectivity index (χ3v) is 5.07. The summed E-state index contributed by atoms with van der Waals surface area (Å²) in [4.78, 5) is 2.46. The van der Waals surface area contributed by atoms with Gasteiger partial charge >= 0.3 is 0 Å². The highest BCUT2D eigenvalue weighted by Crippen LogP contribution is 2.32. The second-order valence-corrected chi connectivity index (χ2v) is 7.33. The SMILES string of the molecule is CCCNC(C)c1ccc(Br)cc1N(C)CC1CCCC1. The zero-order valence-corrected chi connectivity index (χ0v) is 15.2. The van der Waals surface area contributed by atoms with Crippen LogP contribution in [0.3, 0.4) is 0 Å². The fraction of sp³-hybridized carbons (Fsp3) is 0.667. The first-order valence-electron chi connectivity index (χ1n) is 8.35. The summed E-state index contributed by atoms with van der Waals surface area (Å²) in [5.41, 5.74) is 2.78. The summed E-state index contributed by atoms with van der Waals surface area (Å²) in [6, 6.07) is 7.10. The lowest BCUT2D eigenvalue weighted by Crippen LogP contribution is -2.27. The normalized spacial score (nSPS) is 17.1. The Balaban J connectivity index is 2.13. The van der Waals surface area contributed by atoms with Gasteiger partial charge in [-0.3, -0.25) is 0 Å². The van der Waals surface area contributed by atoms with Gasteiger partial charge in [0.15, 0.2) is 0 Å². The number of anilines is 1. The molecule has 0 radical (unpaired) electrons. The molecule has 3 heteroatoms. The van der Waals surface area contributed by atoms with Crippen LogP contribution < -0.4 is 10.2 Å². The van der Waals surface area contributed by atoms with Gasteiger partial charge in [0.2, 0.25) is 0 Å². The third-order valence-electron chi connectivity index (χ3n) is 4.58. The standard InChI is InChI=1S/C18H29BrN2/c1-4-11-20-14(2)17-10-9-16(19)12-18(17)21(3)13-15-7-5-6-8-15/h9-10,12,14-15,20H,4-8,11,13H2,1-3H3. The highest BCUT2D eigenvalue weighted by Gasteiger charge is 2.19. The predicted octanol–water partition coefficient (Wildman–Crippen LogP) is 5.14. The first-order chi connectivity index (χ1) is 10.1. The zero-order valence-electron chi connectivity index (χ0n) is 13.7. The average molecular weight is 353 g/mol. The van der Waals surface area contributed by atoms with E-state index in [4.69, 9.17) is 0 Å². The van der Waals surface area contributed by atoms with Gasteiger partial charge in [-0.25, -0.2) is 0 Å². The minimum Gasteiger partial charge on any atom is -0.374 e. The second kappa shape index (κ2) is 8.19. The van der Waals surface area contributed by atoms with E-state index in [-0.39, 0.29) is 0 Å². The zero-order chi connectivity index (χ0) is 15.2. The lowest BCUT2D eigenvalue weighted by atomic mass is 10.0. The summed E-state index contributed by atoms with van der Waals surface area (Å²) in [5, 5.41) is 3.61. The Morgan fingerprint density at radius 1 is 1.33 bits per heavy atom. The Morgan fingerprint density at radius 2 is 2.05 bits per heavy atom. The molecular formula is C18H29BrN2. The van der Waals surface area contributed by atoms with Crippen molar-refractivity contribution >= 4 is 21.6 Å². The van der Waals surface area contributed by atoms with E-state index in [2.05, 4.69) is 65.2 Å². The molecule has 0 amide bonds. The topological polar surface area (TPSA) is 15.3 Å². The van der Waals surface area contributed by atoms with Crippen molar-refractivity contribution in [1.82, 2.24) is 5.32 Å². The van der Waals surface area contributed by atoms with Gasteiger partial charge in [0.1, 0.15) is 0 Å². The van der Waals surface area contributed by atoms with Crippen LogP contribution in [0.2, 0.25) is 0 Å². The van der Waals surface area contributed by atoms with Crippen LogP contribution in [0.25, 0.3) is 0 Å².